The summed E-state index contributed by atoms with van der Waals surface area (Å²) in [4.78, 5) is 3.52. The summed E-state index contributed by atoms with van der Waals surface area (Å²) >= 11 is 0. The lowest BCUT2D eigenvalue weighted by Gasteiger charge is -2.14. The SMILES string of the molecule is Cc1[nH]c2ccccc2c1C1CNC(C(C)C)C1. The van der Waals surface area contributed by atoms with E-state index in [2.05, 4.69) is 55.3 Å². The molecule has 1 aliphatic heterocycles. The molecule has 2 N–H and O–H groups in total. The molecule has 3 rings (SSSR count). The summed E-state index contributed by atoms with van der Waals surface area (Å²) in [6.07, 6.45) is 1.26. The van der Waals surface area contributed by atoms with E-state index in [0.717, 1.165) is 12.5 Å². The summed E-state index contributed by atoms with van der Waals surface area (Å²) in [5.41, 5.74) is 4.15. The first-order chi connectivity index (χ1) is 8.66. The molecule has 2 heterocycles. The number of hydrogen-bond acceptors (Lipinski definition) is 1. The minimum atomic E-state index is 0.661. The van der Waals surface area contributed by atoms with Crippen LogP contribution in [0.5, 0.6) is 0 Å². The summed E-state index contributed by atoms with van der Waals surface area (Å²) in [6, 6.07) is 9.33. The van der Waals surface area contributed by atoms with Crippen molar-refractivity contribution in [1.29, 1.82) is 0 Å². The van der Waals surface area contributed by atoms with E-state index in [9.17, 15) is 0 Å². The number of nitrogens with one attached hydrogen (secondary N) is 2. The molecule has 96 valence electrons. The van der Waals surface area contributed by atoms with Gasteiger partial charge in [-0.3, -0.25) is 0 Å². The van der Waals surface area contributed by atoms with Crippen molar-refractivity contribution in [2.24, 2.45) is 5.92 Å². The fourth-order valence-corrected chi connectivity index (χ4v) is 3.32. The summed E-state index contributed by atoms with van der Waals surface area (Å²) in [5, 5.41) is 5.08. The van der Waals surface area contributed by atoms with Gasteiger partial charge in [0.25, 0.3) is 0 Å². The highest BCUT2D eigenvalue weighted by Crippen LogP contribution is 2.35. The molecule has 1 fully saturated rings. The van der Waals surface area contributed by atoms with Gasteiger partial charge < -0.3 is 10.3 Å². The second-order valence-corrected chi connectivity index (χ2v) is 5.90. The summed E-state index contributed by atoms with van der Waals surface area (Å²) in [5.74, 6) is 1.38. The van der Waals surface area contributed by atoms with E-state index in [1.54, 1.807) is 0 Å². The average Bonchev–Trinajstić information content (AvgIpc) is 2.91. The molecule has 1 saturated heterocycles. The van der Waals surface area contributed by atoms with Crippen LogP contribution in [-0.2, 0) is 0 Å². The molecule has 2 aromatic rings. The molecule has 2 unspecified atom stereocenters. The molecule has 0 aliphatic carbocycles. The van der Waals surface area contributed by atoms with Gasteiger partial charge in [0.1, 0.15) is 0 Å². The number of aromatic nitrogens is 1. The Morgan fingerprint density at radius 2 is 2.00 bits per heavy atom. The number of para-hydroxylation sites is 1. The van der Waals surface area contributed by atoms with Crippen molar-refractivity contribution >= 4 is 10.9 Å². The zero-order chi connectivity index (χ0) is 12.7. The number of hydrogen-bond donors (Lipinski definition) is 2. The summed E-state index contributed by atoms with van der Waals surface area (Å²) in [6.45, 7) is 7.94. The van der Waals surface area contributed by atoms with Gasteiger partial charge in [-0.1, -0.05) is 32.0 Å². The van der Waals surface area contributed by atoms with E-state index in [0.29, 0.717) is 12.0 Å². The van der Waals surface area contributed by atoms with Gasteiger partial charge in [0.05, 0.1) is 0 Å². The minimum Gasteiger partial charge on any atom is -0.358 e. The van der Waals surface area contributed by atoms with Crippen LogP contribution in [0.2, 0.25) is 0 Å². The lowest BCUT2D eigenvalue weighted by atomic mass is 9.91. The van der Waals surface area contributed by atoms with Crippen molar-refractivity contribution in [3.05, 3.63) is 35.5 Å². The van der Waals surface area contributed by atoms with E-state index in [1.165, 1.54) is 28.6 Å². The lowest BCUT2D eigenvalue weighted by Crippen LogP contribution is -2.26. The van der Waals surface area contributed by atoms with E-state index >= 15 is 0 Å². The van der Waals surface area contributed by atoms with Crippen LogP contribution in [0.15, 0.2) is 24.3 Å². The van der Waals surface area contributed by atoms with Crippen LogP contribution < -0.4 is 5.32 Å². The molecule has 0 radical (unpaired) electrons. The van der Waals surface area contributed by atoms with Gasteiger partial charge in [0, 0.05) is 35.1 Å². The maximum atomic E-state index is 3.67. The van der Waals surface area contributed by atoms with Crippen LogP contribution in [0.4, 0.5) is 0 Å². The second kappa shape index (κ2) is 4.43. The molecule has 1 aromatic carbocycles. The minimum absolute atomic E-state index is 0.661. The van der Waals surface area contributed by atoms with Crippen LogP contribution in [0.1, 0.15) is 37.4 Å². The van der Waals surface area contributed by atoms with Crippen molar-refractivity contribution in [2.75, 3.05) is 6.54 Å². The third-order valence-electron chi connectivity index (χ3n) is 4.32. The number of aryl methyl sites for hydroxylation is 1. The van der Waals surface area contributed by atoms with Crippen LogP contribution in [0.25, 0.3) is 10.9 Å². The van der Waals surface area contributed by atoms with Crippen molar-refractivity contribution < 1.29 is 0 Å². The predicted octanol–water partition coefficient (Wildman–Crippen LogP) is 3.58. The molecule has 2 atom stereocenters. The third kappa shape index (κ3) is 1.85. The molecular formula is C16H22N2. The van der Waals surface area contributed by atoms with Crippen LogP contribution >= 0.6 is 0 Å². The van der Waals surface area contributed by atoms with Gasteiger partial charge in [-0.25, -0.2) is 0 Å². The smallest absolute Gasteiger partial charge is 0.0458 e. The Labute approximate surface area is 109 Å². The van der Waals surface area contributed by atoms with Gasteiger partial charge in [-0.2, -0.15) is 0 Å². The first kappa shape index (κ1) is 11.8. The highest BCUT2D eigenvalue weighted by Gasteiger charge is 2.29. The molecule has 1 aromatic heterocycles. The third-order valence-corrected chi connectivity index (χ3v) is 4.32. The number of benzene rings is 1. The fraction of sp³-hybridized carbons (Fsp3) is 0.500. The highest BCUT2D eigenvalue weighted by atomic mass is 15.0. The van der Waals surface area contributed by atoms with Gasteiger partial charge in [-0.05, 0) is 30.9 Å². The molecule has 1 aliphatic rings. The van der Waals surface area contributed by atoms with E-state index in [1.807, 2.05) is 0 Å². The molecule has 18 heavy (non-hydrogen) atoms. The molecule has 2 heteroatoms. The zero-order valence-electron chi connectivity index (χ0n) is 11.5. The standard InChI is InChI=1S/C16H22N2/c1-10(2)15-8-12(9-17-15)16-11(3)18-14-7-5-4-6-13(14)16/h4-7,10,12,15,17-18H,8-9H2,1-3H3. The fourth-order valence-electron chi connectivity index (χ4n) is 3.32. The Morgan fingerprint density at radius 3 is 2.72 bits per heavy atom. The second-order valence-electron chi connectivity index (χ2n) is 5.90. The van der Waals surface area contributed by atoms with Gasteiger partial charge >= 0.3 is 0 Å². The summed E-state index contributed by atoms with van der Waals surface area (Å²) in [7, 11) is 0. The first-order valence-electron chi connectivity index (χ1n) is 6.97. The normalized spacial score (nSPS) is 24.2. The largest absolute Gasteiger partial charge is 0.358 e. The van der Waals surface area contributed by atoms with Gasteiger partial charge in [0.2, 0.25) is 0 Å². The Morgan fingerprint density at radius 1 is 1.22 bits per heavy atom. The Bertz CT molecular complexity index is 553. The number of H-pyrrole nitrogens is 1. The average molecular weight is 242 g/mol. The van der Waals surface area contributed by atoms with Crippen molar-refractivity contribution in [3.63, 3.8) is 0 Å². The predicted molar refractivity (Wildman–Crippen MR) is 77.0 cm³/mol. The van der Waals surface area contributed by atoms with E-state index in [-0.39, 0.29) is 0 Å². The number of fused-ring (bicyclic) bond motifs is 1. The Kier molecular flexibility index (Phi) is 2.90. The van der Waals surface area contributed by atoms with Crippen molar-refractivity contribution in [3.8, 4) is 0 Å². The maximum Gasteiger partial charge on any atom is 0.0458 e. The molecule has 0 bridgehead atoms. The van der Waals surface area contributed by atoms with Crippen LogP contribution in [-0.4, -0.2) is 17.6 Å². The first-order valence-corrected chi connectivity index (χ1v) is 6.97. The van der Waals surface area contributed by atoms with Crippen molar-refractivity contribution in [2.45, 2.75) is 39.2 Å². The zero-order valence-corrected chi connectivity index (χ0v) is 11.5. The Hall–Kier alpha value is -1.28. The van der Waals surface area contributed by atoms with Crippen LogP contribution in [0, 0.1) is 12.8 Å². The Balaban J connectivity index is 1.98. The molecular weight excluding hydrogens is 220 g/mol. The number of aromatic amines is 1. The molecule has 0 amide bonds. The van der Waals surface area contributed by atoms with Gasteiger partial charge in [-0.15, -0.1) is 0 Å². The van der Waals surface area contributed by atoms with Crippen molar-refractivity contribution in [1.82, 2.24) is 10.3 Å². The van der Waals surface area contributed by atoms with Gasteiger partial charge in [0.15, 0.2) is 0 Å². The number of rotatable bonds is 2. The quantitative estimate of drug-likeness (QED) is 0.827. The topological polar surface area (TPSA) is 27.8 Å². The molecule has 0 saturated carbocycles. The van der Waals surface area contributed by atoms with E-state index in [4.69, 9.17) is 0 Å². The lowest BCUT2D eigenvalue weighted by molar-refractivity contribution is 0.449. The maximum absolute atomic E-state index is 3.67. The molecule has 2 nitrogen and oxygen atoms in total. The van der Waals surface area contributed by atoms with E-state index < -0.39 is 0 Å². The monoisotopic (exact) mass is 242 g/mol. The highest BCUT2D eigenvalue weighted by molar-refractivity contribution is 5.85. The summed E-state index contributed by atoms with van der Waals surface area (Å²) < 4.78 is 0. The van der Waals surface area contributed by atoms with Crippen LogP contribution in [0.3, 0.4) is 0 Å². The molecule has 0 spiro atoms.